The van der Waals surface area contributed by atoms with Gasteiger partial charge in [-0.1, -0.05) is 24.3 Å². The van der Waals surface area contributed by atoms with Gasteiger partial charge in [-0.2, -0.15) is 0 Å². The van der Waals surface area contributed by atoms with Crippen LogP contribution in [0.1, 0.15) is 21.5 Å². The average Bonchev–Trinajstić information content (AvgIpc) is 3.15. The number of ether oxygens (including phenoxy) is 2. The van der Waals surface area contributed by atoms with Crippen molar-refractivity contribution in [3.63, 3.8) is 0 Å². The third-order valence-corrected chi connectivity index (χ3v) is 4.94. The molecule has 1 heterocycles. The first-order valence-corrected chi connectivity index (χ1v) is 9.74. The molecule has 0 radical (unpaired) electrons. The molecular formula is C25H19FN2O4. The van der Waals surface area contributed by atoms with E-state index in [0.29, 0.717) is 22.6 Å². The van der Waals surface area contributed by atoms with Crippen molar-refractivity contribution in [1.29, 1.82) is 0 Å². The quantitative estimate of drug-likeness (QED) is 0.443. The Morgan fingerprint density at radius 1 is 0.969 bits per heavy atom. The Balaban J connectivity index is 1.77. The van der Waals surface area contributed by atoms with Crippen LogP contribution in [0.4, 0.5) is 10.1 Å². The summed E-state index contributed by atoms with van der Waals surface area (Å²) in [5.74, 6) is -0.514. The van der Waals surface area contributed by atoms with Crippen molar-refractivity contribution in [3.8, 4) is 5.75 Å². The molecule has 1 aliphatic rings. The largest absolute Gasteiger partial charge is 0.497 e. The third kappa shape index (κ3) is 4.00. The van der Waals surface area contributed by atoms with Crippen molar-refractivity contribution >= 4 is 29.5 Å². The molecule has 6 nitrogen and oxygen atoms in total. The summed E-state index contributed by atoms with van der Waals surface area (Å²) in [6.07, 6.45) is 1.59. The molecule has 160 valence electrons. The van der Waals surface area contributed by atoms with Gasteiger partial charge in [0.25, 0.3) is 5.91 Å². The lowest BCUT2D eigenvalue weighted by Gasteiger charge is -2.19. The number of carbonyl (C=O) groups excluding carboxylic acids is 2. The van der Waals surface area contributed by atoms with Crippen molar-refractivity contribution in [2.75, 3.05) is 19.1 Å². The fraction of sp³-hybridized carbons (Fsp3) is 0.0800. The first-order valence-electron chi connectivity index (χ1n) is 9.74. The predicted octanol–water partition coefficient (Wildman–Crippen LogP) is 4.46. The van der Waals surface area contributed by atoms with E-state index in [9.17, 15) is 14.0 Å². The van der Waals surface area contributed by atoms with Crippen molar-refractivity contribution < 1.29 is 23.5 Å². The van der Waals surface area contributed by atoms with Gasteiger partial charge in [0.1, 0.15) is 17.3 Å². The second kappa shape index (κ2) is 8.85. The number of hydrogen-bond acceptors (Lipinski definition) is 5. The molecule has 32 heavy (non-hydrogen) atoms. The molecule has 0 spiro atoms. The summed E-state index contributed by atoms with van der Waals surface area (Å²) in [4.78, 5) is 30.8. The summed E-state index contributed by atoms with van der Waals surface area (Å²) in [5.41, 5.74) is 1.94. The second-order valence-corrected chi connectivity index (χ2v) is 6.90. The van der Waals surface area contributed by atoms with Gasteiger partial charge in [-0.25, -0.2) is 14.2 Å². The number of anilines is 1. The highest BCUT2D eigenvalue weighted by Crippen LogP contribution is 2.30. The minimum atomic E-state index is -0.485. The number of amidine groups is 1. The highest BCUT2D eigenvalue weighted by Gasteiger charge is 2.33. The highest BCUT2D eigenvalue weighted by atomic mass is 19.1. The Labute approximate surface area is 184 Å². The smallest absolute Gasteiger partial charge is 0.337 e. The van der Waals surface area contributed by atoms with Gasteiger partial charge >= 0.3 is 5.97 Å². The molecule has 0 aromatic heterocycles. The topological polar surface area (TPSA) is 68.2 Å². The second-order valence-electron chi connectivity index (χ2n) is 6.90. The summed E-state index contributed by atoms with van der Waals surface area (Å²) < 4.78 is 24.5. The van der Waals surface area contributed by atoms with Crippen molar-refractivity contribution in [2.45, 2.75) is 0 Å². The van der Waals surface area contributed by atoms with Gasteiger partial charge < -0.3 is 9.47 Å². The van der Waals surface area contributed by atoms with E-state index in [1.807, 2.05) is 0 Å². The maximum atomic E-state index is 14.6. The van der Waals surface area contributed by atoms with Crippen LogP contribution in [0.3, 0.4) is 0 Å². The van der Waals surface area contributed by atoms with E-state index >= 15 is 0 Å². The van der Waals surface area contributed by atoms with E-state index in [0.717, 1.165) is 0 Å². The molecule has 3 aromatic carbocycles. The fourth-order valence-electron chi connectivity index (χ4n) is 3.30. The van der Waals surface area contributed by atoms with E-state index < -0.39 is 17.7 Å². The number of methoxy groups -OCH3 is 2. The SMILES string of the molecule is COC(=O)c1ccc(C=C2N=C(c3ccccc3F)N(c3ccc(OC)cc3)C2=O)cc1. The molecule has 0 aliphatic carbocycles. The molecule has 0 atom stereocenters. The molecule has 1 amide bonds. The molecular weight excluding hydrogens is 411 g/mol. The Hall–Kier alpha value is -4.26. The van der Waals surface area contributed by atoms with Crippen LogP contribution in [-0.2, 0) is 9.53 Å². The molecule has 3 aromatic rings. The molecule has 0 unspecified atom stereocenters. The maximum absolute atomic E-state index is 14.6. The first kappa shape index (κ1) is 21.0. The third-order valence-electron chi connectivity index (χ3n) is 4.94. The Morgan fingerprint density at radius 2 is 1.66 bits per heavy atom. The lowest BCUT2D eigenvalue weighted by Crippen LogP contribution is -2.33. The molecule has 0 bridgehead atoms. The van der Waals surface area contributed by atoms with Crippen molar-refractivity contribution in [1.82, 2.24) is 0 Å². The number of carbonyl (C=O) groups is 2. The fourth-order valence-corrected chi connectivity index (χ4v) is 3.30. The van der Waals surface area contributed by atoms with Crippen molar-refractivity contribution in [3.05, 3.63) is 101 Å². The van der Waals surface area contributed by atoms with Gasteiger partial charge in [0.2, 0.25) is 0 Å². The molecule has 7 heteroatoms. The summed E-state index contributed by atoms with van der Waals surface area (Å²) in [6.45, 7) is 0. The number of amides is 1. The van der Waals surface area contributed by atoms with Crippen LogP contribution in [0.2, 0.25) is 0 Å². The zero-order chi connectivity index (χ0) is 22.7. The summed E-state index contributed by atoms with van der Waals surface area (Å²) in [6, 6.07) is 19.6. The van der Waals surface area contributed by atoms with Crippen LogP contribution in [0, 0.1) is 5.82 Å². The lowest BCUT2D eigenvalue weighted by atomic mass is 10.1. The minimum Gasteiger partial charge on any atom is -0.497 e. The maximum Gasteiger partial charge on any atom is 0.337 e. The van der Waals surface area contributed by atoms with E-state index in [1.165, 1.54) is 18.1 Å². The Morgan fingerprint density at radius 3 is 2.28 bits per heavy atom. The standard InChI is InChI=1S/C25H19FN2O4/c1-31-19-13-11-18(12-14-19)28-23(20-5-3-4-6-21(20)26)27-22(24(28)29)15-16-7-9-17(10-8-16)25(30)32-2/h3-15H,1-2H3. The van der Waals surface area contributed by atoms with Crippen molar-refractivity contribution in [2.24, 2.45) is 4.99 Å². The van der Waals surface area contributed by atoms with Gasteiger partial charge in [-0.15, -0.1) is 0 Å². The van der Waals surface area contributed by atoms with Gasteiger partial charge in [0.05, 0.1) is 31.0 Å². The Bertz CT molecular complexity index is 1230. The summed E-state index contributed by atoms with van der Waals surface area (Å²) in [7, 11) is 2.86. The summed E-state index contributed by atoms with van der Waals surface area (Å²) in [5, 5.41) is 0. The number of esters is 1. The zero-order valence-corrected chi connectivity index (χ0v) is 17.4. The first-order chi connectivity index (χ1) is 15.5. The van der Waals surface area contributed by atoms with Crippen LogP contribution >= 0.6 is 0 Å². The number of rotatable bonds is 5. The number of benzene rings is 3. The van der Waals surface area contributed by atoms with Crippen LogP contribution < -0.4 is 9.64 Å². The van der Waals surface area contributed by atoms with E-state index in [4.69, 9.17) is 9.47 Å². The Kier molecular flexibility index (Phi) is 5.81. The van der Waals surface area contributed by atoms with Gasteiger partial charge in [-0.3, -0.25) is 9.69 Å². The van der Waals surface area contributed by atoms with E-state index in [2.05, 4.69) is 4.99 Å². The number of hydrogen-bond donors (Lipinski definition) is 0. The summed E-state index contributed by atoms with van der Waals surface area (Å²) >= 11 is 0. The highest BCUT2D eigenvalue weighted by molar-refractivity contribution is 6.33. The number of halogens is 1. The molecule has 0 saturated carbocycles. The number of nitrogens with zero attached hydrogens (tertiary/aromatic N) is 2. The lowest BCUT2D eigenvalue weighted by molar-refractivity contribution is -0.113. The van der Waals surface area contributed by atoms with E-state index in [-0.39, 0.29) is 17.1 Å². The molecule has 4 rings (SSSR count). The molecule has 0 N–H and O–H groups in total. The van der Waals surface area contributed by atoms with Crippen LogP contribution in [0.5, 0.6) is 5.75 Å². The minimum absolute atomic E-state index is 0.143. The van der Waals surface area contributed by atoms with Gasteiger partial charge in [0.15, 0.2) is 5.84 Å². The molecule has 1 aliphatic heterocycles. The molecule has 0 saturated heterocycles. The number of aliphatic imine (C=N–C) groups is 1. The normalized spacial score (nSPS) is 14.5. The average molecular weight is 430 g/mol. The van der Waals surface area contributed by atoms with Crippen LogP contribution in [0.15, 0.2) is 83.5 Å². The van der Waals surface area contributed by atoms with Gasteiger partial charge in [0, 0.05) is 0 Å². The monoisotopic (exact) mass is 430 g/mol. The van der Waals surface area contributed by atoms with Crippen LogP contribution in [-0.4, -0.2) is 31.9 Å². The molecule has 0 fully saturated rings. The van der Waals surface area contributed by atoms with Crippen LogP contribution in [0.25, 0.3) is 6.08 Å². The predicted molar refractivity (Wildman–Crippen MR) is 119 cm³/mol. The zero-order valence-electron chi connectivity index (χ0n) is 17.4. The van der Waals surface area contributed by atoms with E-state index in [1.54, 1.807) is 79.9 Å². The van der Waals surface area contributed by atoms with Gasteiger partial charge in [-0.05, 0) is 60.2 Å².